The molecular weight excluding hydrogens is 222 g/mol. The Morgan fingerprint density at radius 2 is 2.06 bits per heavy atom. The molecule has 0 aliphatic carbocycles. The van der Waals surface area contributed by atoms with Crippen LogP contribution in [-0.2, 0) is 0 Å². The third-order valence-corrected chi connectivity index (χ3v) is 5.00. The lowest BCUT2D eigenvalue weighted by atomic mass is 9.99. The molecule has 2 saturated heterocycles. The minimum absolute atomic E-state index is 0.644. The van der Waals surface area contributed by atoms with E-state index in [1.54, 1.807) is 0 Å². The number of rotatable bonds is 5. The number of fused-ring (bicyclic) bond motifs is 1. The molecule has 2 rings (SSSR count). The van der Waals surface area contributed by atoms with Crippen molar-refractivity contribution < 1.29 is 0 Å². The Labute approximate surface area is 113 Å². The van der Waals surface area contributed by atoms with Gasteiger partial charge < -0.3 is 5.32 Å². The van der Waals surface area contributed by atoms with Crippen LogP contribution in [0.3, 0.4) is 0 Å². The minimum atomic E-state index is 0.644. The summed E-state index contributed by atoms with van der Waals surface area (Å²) in [5.74, 6) is 0. The highest BCUT2D eigenvalue weighted by molar-refractivity contribution is 4.94. The van der Waals surface area contributed by atoms with Gasteiger partial charge in [0.05, 0.1) is 0 Å². The summed E-state index contributed by atoms with van der Waals surface area (Å²) in [5, 5.41) is 3.65. The maximum atomic E-state index is 3.65. The van der Waals surface area contributed by atoms with Crippen molar-refractivity contribution in [2.45, 2.75) is 71.1 Å². The van der Waals surface area contributed by atoms with E-state index in [4.69, 9.17) is 0 Å². The molecule has 0 spiro atoms. The maximum Gasteiger partial charge on any atom is 0.0224 e. The molecule has 2 aliphatic rings. The zero-order valence-electron chi connectivity index (χ0n) is 12.7. The van der Waals surface area contributed by atoms with E-state index >= 15 is 0 Å². The molecule has 0 bridgehead atoms. The van der Waals surface area contributed by atoms with Crippen molar-refractivity contribution >= 4 is 0 Å². The van der Waals surface area contributed by atoms with Crippen LogP contribution in [-0.4, -0.2) is 60.1 Å². The van der Waals surface area contributed by atoms with Crippen molar-refractivity contribution in [3.63, 3.8) is 0 Å². The van der Waals surface area contributed by atoms with Crippen LogP contribution in [0, 0.1) is 0 Å². The Morgan fingerprint density at radius 3 is 2.72 bits per heavy atom. The highest BCUT2D eigenvalue weighted by atomic mass is 15.3. The molecule has 0 amide bonds. The van der Waals surface area contributed by atoms with E-state index in [9.17, 15) is 0 Å². The van der Waals surface area contributed by atoms with Crippen LogP contribution < -0.4 is 5.32 Å². The Bertz CT molecular complexity index is 256. The van der Waals surface area contributed by atoms with Gasteiger partial charge in [-0.2, -0.15) is 0 Å². The zero-order chi connectivity index (χ0) is 13.1. The zero-order valence-corrected chi connectivity index (χ0v) is 12.7. The van der Waals surface area contributed by atoms with E-state index in [0.717, 1.165) is 12.6 Å². The normalized spacial score (nSPS) is 33.3. The number of nitrogens with zero attached hydrogens (tertiary/aromatic N) is 2. The van der Waals surface area contributed by atoms with Crippen LogP contribution in [0.5, 0.6) is 0 Å². The van der Waals surface area contributed by atoms with Crippen molar-refractivity contribution in [2.75, 3.05) is 26.2 Å². The highest BCUT2D eigenvalue weighted by Crippen LogP contribution is 2.26. The average molecular weight is 253 g/mol. The van der Waals surface area contributed by atoms with E-state index < -0.39 is 0 Å². The molecule has 1 N–H and O–H groups in total. The molecule has 3 heteroatoms. The van der Waals surface area contributed by atoms with E-state index in [0.29, 0.717) is 18.1 Å². The van der Waals surface area contributed by atoms with Crippen LogP contribution in [0.25, 0.3) is 0 Å². The quantitative estimate of drug-likeness (QED) is 0.808. The Kier molecular flexibility index (Phi) is 5.05. The smallest absolute Gasteiger partial charge is 0.0224 e. The second kappa shape index (κ2) is 6.36. The molecule has 0 aromatic rings. The van der Waals surface area contributed by atoms with Crippen LogP contribution in [0.1, 0.15) is 47.0 Å². The lowest BCUT2D eigenvalue weighted by molar-refractivity contribution is 0.0210. The molecule has 2 aliphatic heterocycles. The van der Waals surface area contributed by atoms with Crippen LogP contribution in [0.15, 0.2) is 0 Å². The molecule has 4 atom stereocenters. The van der Waals surface area contributed by atoms with Crippen molar-refractivity contribution in [2.24, 2.45) is 0 Å². The predicted molar refractivity (Wildman–Crippen MR) is 78.0 cm³/mol. The fourth-order valence-electron chi connectivity index (χ4n) is 3.93. The summed E-state index contributed by atoms with van der Waals surface area (Å²) in [7, 11) is 0. The molecule has 3 nitrogen and oxygen atoms in total. The fraction of sp³-hybridized carbons (Fsp3) is 1.00. The Hall–Kier alpha value is -0.120. The van der Waals surface area contributed by atoms with Gasteiger partial charge in [0.2, 0.25) is 0 Å². The summed E-state index contributed by atoms with van der Waals surface area (Å²) < 4.78 is 0. The van der Waals surface area contributed by atoms with E-state index in [2.05, 4.69) is 42.8 Å². The van der Waals surface area contributed by atoms with Crippen LogP contribution in [0.4, 0.5) is 0 Å². The largest absolute Gasteiger partial charge is 0.313 e. The van der Waals surface area contributed by atoms with Crippen molar-refractivity contribution in [3.8, 4) is 0 Å². The summed E-state index contributed by atoms with van der Waals surface area (Å²) in [6, 6.07) is 2.85. The molecule has 0 aromatic carbocycles. The van der Waals surface area contributed by atoms with Gasteiger partial charge in [0.25, 0.3) is 0 Å². The van der Waals surface area contributed by atoms with Gasteiger partial charge in [0.15, 0.2) is 0 Å². The molecule has 2 fully saturated rings. The summed E-state index contributed by atoms with van der Waals surface area (Å²) in [6.45, 7) is 14.3. The molecular formula is C15H31N3. The first kappa shape index (κ1) is 14.3. The van der Waals surface area contributed by atoms with Crippen LogP contribution >= 0.6 is 0 Å². The number of hydrogen-bond acceptors (Lipinski definition) is 3. The van der Waals surface area contributed by atoms with Gasteiger partial charge in [-0.25, -0.2) is 0 Å². The SMILES string of the molecule is CCNC(CC)C(C)N1CC2CCCN2CC1C. The third-order valence-electron chi connectivity index (χ3n) is 5.00. The second-order valence-corrected chi connectivity index (χ2v) is 6.15. The molecule has 0 saturated carbocycles. The summed E-state index contributed by atoms with van der Waals surface area (Å²) in [5.41, 5.74) is 0. The average Bonchev–Trinajstić information content (AvgIpc) is 2.81. The van der Waals surface area contributed by atoms with Crippen LogP contribution in [0.2, 0.25) is 0 Å². The van der Waals surface area contributed by atoms with Gasteiger partial charge in [0.1, 0.15) is 0 Å². The summed E-state index contributed by atoms with van der Waals surface area (Å²) in [4.78, 5) is 5.46. The van der Waals surface area contributed by atoms with Gasteiger partial charge in [-0.3, -0.25) is 9.80 Å². The third kappa shape index (κ3) is 2.89. The maximum absolute atomic E-state index is 3.65. The Morgan fingerprint density at radius 1 is 1.28 bits per heavy atom. The van der Waals surface area contributed by atoms with Gasteiger partial charge in [0, 0.05) is 37.3 Å². The number of hydrogen-bond donors (Lipinski definition) is 1. The number of piperazine rings is 1. The Balaban J connectivity index is 1.97. The van der Waals surface area contributed by atoms with Gasteiger partial charge >= 0.3 is 0 Å². The van der Waals surface area contributed by atoms with Crippen molar-refractivity contribution in [1.29, 1.82) is 0 Å². The monoisotopic (exact) mass is 253 g/mol. The van der Waals surface area contributed by atoms with Crippen molar-refractivity contribution in [3.05, 3.63) is 0 Å². The first-order valence-corrected chi connectivity index (χ1v) is 7.90. The van der Waals surface area contributed by atoms with Crippen molar-refractivity contribution in [1.82, 2.24) is 15.1 Å². The second-order valence-electron chi connectivity index (χ2n) is 6.15. The minimum Gasteiger partial charge on any atom is -0.313 e. The molecule has 0 aromatic heterocycles. The first-order chi connectivity index (χ1) is 8.67. The van der Waals surface area contributed by atoms with E-state index in [1.165, 1.54) is 38.9 Å². The molecule has 0 radical (unpaired) electrons. The topological polar surface area (TPSA) is 18.5 Å². The lowest BCUT2D eigenvalue weighted by Gasteiger charge is -2.47. The summed E-state index contributed by atoms with van der Waals surface area (Å²) in [6.07, 6.45) is 4.05. The summed E-state index contributed by atoms with van der Waals surface area (Å²) >= 11 is 0. The fourth-order valence-corrected chi connectivity index (χ4v) is 3.93. The standard InChI is InChI=1S/C15H31N3/c1-5-15(16-6-2)13(4)18-11-14-8-7-9-17(14)10-12(18)3/h12-16H,5-11H2,1-4H3. The van der Waals surface area contributed by atoms with Gasteiger partial charge in [-0.1, -0.05) is 13.8 Å². The van der Waals surface area contributed by atoms with Gasteiger partial charge in [-0.15, -0.1) is 0 Å². The molecule has 4 unspecified atom stereocenters. The lowest BCUT2D eigenvalue weighted by Crippen LogP contribution is -2.61. The molecule has 2 heterocycles. The first-order valence-electron chi connectivity index (χ1n) is 7.90. The van der Waals surface area contributed by atoms with E-state index in [-0.39, 0.29) is 0 Å². The highest BCUT2D eigenvalue weighted by Gasteiger charge is 2.37. The molecule has 18 heavy (non-hydrogen) atoms. The predicted octanol–water partition coefficient (Wildman–Crippen LogP) is 1.93. The number of nitrogens with one attached hydrogen (secondary N) is 1. The number of likely N-dealkylation sites (N-methyl/N-ethyl adjacent to an activating group) is 1. The van der Waals surface area contributed by atoms with Gasteiger partial charge in [-0.05, 0) is 46.2 Å². The van der Waals surface area contributed by atoms with E-state index in [1.807, 2.05) is 0 Å². The molecule has 106 valence electrons.